The third-order valence-electron chi connectivity index (χ3n) is 2.60. The maximum Gasteiger partial charge on any atom is 0.226 e. The second-order valence-electron chi connectivity index (χ2n) is 4.26. The third-order valence-corrected chi connectivity index (χ3v) is 2.60. The average molecular weight is 255 g/mol. The SMILES string of the molecule is Cc1cccc(NCCC(=O)Nc2ccccc2)n1. The Morgan fingerprint density at radius 3 is 2.63 bits per heavy atom. The zero-order valence-corrected chi connectivity index (χ0v) is 10.9. The lowest BCUT2D eigenvalue weighted by molar-refractivity contribution is -0.115. The Bertz CT molecular complexity index is 540. The highest BCUT2D eigenvalue weighted by molar-refractivity contribution is 5.90. The molecule has 4 nitrogen and oxygen atoms in total. The number of hydrogen-bond donors (Lipinski definition) is 2. The highest BCUT2D eigenvalue weighted by Gasteiger charge is 2.02. The molecule has 98 valence electrons. The van der Waals surface area contributed by atoms with Crippen LogP contribution in [-0.4, -0.2) is 17.4 Å². The monoisotopic (exact) mass is 255 g/mol. The molecular weight excluding hydrogens is 238 g/mol. The Morgan fingerprint density at radius 1 is 1.11 bits per heavy atom. The lowest BCUT2D eigenvalue weighted by atomic mass is 10.3. The maximum atomic E-state index is 11.7. The molecule has 0 saturated carbocycles. The van der Waals surface area contributed by atoms with E-state index in [0.717, 1.165) is 17.2 Å². The highest BCUT2D eigenvalue weighted by Crippen LogP contribution is 2.06. The summed E-state index contributed by atoms with van der Waals surface area (Å²) < 4.78 is 0. The van der Waals surface area contributed by atoms with Crippen LogP contribution in [0.5, 0.6) is 0 Å². The first-order valence-corrected chi connectivity index (χ1v) is 6.26. The second-order valence-corrected chi connectivity index (χ2v) is 4.26. The Kier molecular flexibility index (Phi) is 4.50. The van der Waals surface area contributed by atoms with Crippen LogP contribution in [-0.2, 0) is 4.79 Å². The van der Waals surface area contributed by atoms with Gasteiger partial charge in [-0.05, 0) is 31.2 Å². The van der Waals surface area contributed by atoms with Crippen molar-refractivity contribution in [2.45, 2.75) is 13.3 Å². The normalized spacial score (nSPS) is 9.95. The van der Waals surface area contributed by atoms with E-state index in [1.807, 2.05) is 55.5 Å². The number of rotatable bonds is 5. The number of amides is 1. The lowest BCUT2D eigenvalue weighted by Gasteiger charge is -2.07. The Hall–Kier alpha value is -2.36. The van der Waals surface area contributed by atoms with E-state index >= 15 is 0 Å². The van der Waals surface area contributed by atoms with E-state index in [2.05, 4.69) is 15.6 Å². The van der Waals surface area contributed by atoms with E-state index in [-0.39, 0.29) is 5.91 Å². The summed E-state index contributed by atoms with van der Waals surface area (Å²) >= 11 is 0. The van der Waals surface area contributed by atoms with Gasteiger partial charge >= 0.3 is 0 Å². The summed E-state index contributed by atoms with van der Waals surface area (Å²) in [5, 5.41) is 5.97. The van der Waals surface area contributed by atoms with Crippen LogP contribution in [0.15, 0.2) is 48.5 Å². The van der Waals surface area contributed by atoms with Crippen LogP contribution in [0.25, 0.3) is 0 Å². The van der Waals surface area contributed by atoms with Gasteiger partial charge in [0.05, 0.1) is 0 Å². The summed E-state index contributed by atoms with van der Waals surface area (Å²) in [5.41, 5.74) is 1.78. The van der Waals surface area contributed by atoms with Gasteiger partial charge in [0.15, 0.2) is 0 Å². The standard InChI is InChI=1S/C15H17N3O/c1-12-6-5-9-14(17-12)16-11-10-15(19)18-13-7-3-2-4-8-13/h2-9H,10-11H2,1H3,(H,16,17)(H,18,19). The molecule has 2 N–H and O–H groups in total. The second kappa shape index (κ2) is 6.54. The van der Waals surface area contributed by atoms with Crippen molar-refractivity contribution in [1.82, 2.24) is 4.98 Å². The number of nitrogens with one attached hydrogen (secondary N) is 2. The van der Waals surface area contributed by atoms with Gasteiger partial charge in [0, 0.05) is 24.3 Å². The molecule has 0 spiro atoms. The molecule has 0 aliphatic carbocycles. The van der Waals surface area contributed by atoms with Gasteiger partial charge in [-0.25, -0.2) is 4.98 Å². The summed E-state index contributed by atoms with van der Waals surface area (Å²) in [6.07, 6.45) is 0.407. The highest BCUT2D eigenvalue weighted by atomic mass is 16.1. The quantitative estimate of drug-likeness (QED) is 0.863. The van der Waals surface area contributed by atoms with Gasteiger partial charge < -0.3 is 10.6 Å². The fraction of sp³-hybridized carbons (Fsp3) is 0.200. The summed E-state index contributed by atoms with van der Waals surface area (Å²) in [5.74, 6) is 0.791. The van der Waals surface area contributed by atoms with E-state index in [4.69, 9.17) is 0 Å². The van der Waals surface area contributed by atoms with Crippen LogP contribution in [0.4, 0.5) is 11.5 Å². The number of nitrogens with zero attached hydrogens (tertiary/aromatic N) is 1. The van der Waals surface area contributed by atoms with Gasteiger partial charge in [-0.2, -0.15) is 0 Å². The van der Waals surface area contributed by atoms with Crippen molar-refractivity contribution < 1.29 is 4.79 Å². The van der Waals surface area contributed by atoms with Crippen molar-refractivity contribution in [1.29, 1.82) is 0 Å². The van der Waals surface area contributed by atoms with Crippen LogP contribution in [0.3, 0.4) is 0 Å². The molecule has 4 heteroatoms. The molecule has 2 aromatic rings. The number of anilines is 2. The Labute approximate surface area is 112 Å². The number of carbonyl (C=O) groups excluding carboxylic acids is 1. The summed E-state index contributed by atoms with van der Waals surface area (Å²) in [7, 11) is 0. The molecule has 19 heavy (non-hydrogen) atoms. The molecule has 0 saturated heterocycles. The molecule has 1 aromatic carbocycles. The molecule has 0 atom stereocenters. The van der Waals surface area contributed by atoms with Crippen molar-refractivity contribution >= 4 is 17.4 Å². The topological polar surface area (TPSA) is 54.0 Å². The van der Waals surface area contributed by atoms with Gasteiger partial charge in [0.2, 0.25) is 5.91 Å². The molecule has 1 heterocycles. The van der Waals surface area contributed by atoms with Crippen LogP contribution in [0, 0.1) is 6.92 Å². The smallest absolute Gasteiger partial charge is 0.226 e. The number of aryl methyl sites for hydroxylation is 1. The molecule has 2 rings (SSSR count). The van der Waals surface area contributed by atoms with Gasteiger partial charge in [0.25, 0.3) is 0 Å². The minimum atomic E-state index is -0.00801. The van der Waals surface area contributed by atoms with E-state index in [1.165, 1.54) is 0 Å². The summed E-state index contributed by atoms with van der Waals surface area (Å²) in [4.78, 5) is 16.0. The fourth-order valence-corrected chi connectivity index (χ4v) is 1.69. The Morgan fingerprint density at radius 2 is 1.89 bits per heavy atom. The number of pyridine rings is 1. The summed E-state index contributed by atoms with van der Waals surface area (Å²) in [6, 6.07) is 15.2. The van der Waals surface area contributed by atoms with E-state index in [9.17, 15) is 4.79 Å². The van der Waals surface area contributed by atoms with Crippen molar-refractivity contribution in [2.24, 2.45) is 0 Å². The molecule has 0 fully saturated rings. The predicted molar refractivity (Wildman–Crippen MR) is 77.2 cm³/mol. The lowest BCUT2D eigenvalue weighted by Crippen LogP contribution is -2.16. The molecular formula is C15H17N3O. The van der Waals surface area contributed by atoms with Crippen LogP contribution >= 0.6 is 0 Å². The predicted octanol–water partition coefficient (Wildman–Crippen LogP) is 2.83. The number of aromatic nitrogens is 1. The van der Waals surface area contributed by atoms with Gasteiger partial charge in [-0.1, -0.05) is 24.3 Å². The van der Waals surface area contributed by atoms with E-state index in [0.29, 0.717) is 13.0 Å². The largest absolute Gasteiger partial charge is 0.370 e. The number of para-hydroxylation sites is 1. The minimum absolute atomic E-state index is 0.00801. The fourth-order valence-electron chi connectivity index (χ4n) is 1.69. The average Bonchev–Trinajstić information content (AvgIpc) is 2.40. The number of carbonyl (C=O) groups is 1. The third kappa shape index (κ3) is 4.43. The first kappa shape index (κ1) is 13.1. The molecule has 0 radical (unpaired) electrons. The molecule has 0 unspecified atom stereocenters. The zero-order valence-electron chi connectivity index (χ0n) is 10.9. The van der Waals surface area contributed by atoms with Crippen molar-refractivity contribution in [3.05, 3.63) is 54.2 Å². The van der Waals surface area contributed by atoms with Gasteiger partial charge in [-0.15, -0.1) is 0 Å². The minimum Gasteiger partial charge on any atom is -0.370 e. The van der Waals surface area contributed by atoms with Crippen LogP contribution in [0.1, 0.15) is 12.1 Å². The first-order chi connectivity index (χ1) is 9.24. The summed E-state index contributed by atoms with van der Waals surface area (Å²) in [6.45, 7) is 2.50. The maximum absolute atomic E-state index is 11.7. The first-order valence-electron chi connectivity index (χ1n) is 6.26. The van der Waals surface area contributed by atoms with Gasteiger partial charge in [0.1, 0.15) is 5.82 Å². The molecule has 0 bridgehead atoms. The van der Waals surface area contributed by atoms with Crippen LogP contribution < -0.4 is 10.6 Å². The van der Waals surface area contributed by atoms with Crippen molar-refractivity contribution in [3.8, 4) is 0 Å². The van der Waals surface area contributed by atoms with Crippen LogP contribution in [0.2, 0.25) is 0 Å². The Balaban J connectivity index is 1.75. The zero-order chi connectivity index (χ0) is 13.5. The van der Waals surface area contributed by atoms with Gasteiger partial charge in [-0.3, -0.25) is 4.79 Å². The van der Waals surface area contributed by atoms with Crippen molar-refractivity contribution in [2.75, 3.05) is 17.2 Å². The molecule has 1 aromatic heterocycles. The molecule has 0 aliphatic heterocycles. The molecule has 1 amide bonds. The van der Waals surface area contributed by atoms with E-state index < -0.39 is 0 Å². The number of hydrogen-bond acceptors (Lipinski definition) is 3. The van der Waals surface area contributed by atoms with Crippen molar-refractivity contribution in [3.63, 3.8) is 0 Å². The van der Waals surface area contributed by atoms with E-state index in [1.54, 1.807) is 0 Å². The molecule has 0 aliphatic rings. The number of benzene rings is 1.